The molecule has 0 N–H and O–H groups in total. The minimum Gasteiger partial charge on any atom is -0.545 e. The fraction of sp³-hybridized carbons (Fsp3) is 0.308. The Hall–Kier alpha value is -3.14. The molecule has 1 atom stereocenters. The molecule has 1 aromatic heterocycles. The van der Waals surface area contributed by atoms with E-state index in [0.29, 0.717) is 28.8 Å². The summed E-state index contributed by atoms with van der Waals surface area (Å²) < 4.78 is 0. The molecule has 154 valence electrons. The second kappa shape index (κ2) is 8.31. The van der Waals surface area contributed by atoms with Gasteiger partial charge in [-0.15, -0.1) is 0 Å². The summed E-state index contributed by atoms with van der Waals surface area (Å²) in [4.78, 5) is 19.2. The maximum absolute atomic E-state index is 12.1. The molecule has 2 aromatic carbocycles. The lowest BCUT2D eigenvalue weighted by atomic mass is 9.80. The Balaban J connectivity index is 1.83. The van der Waals surface area contributed by atoms with Gasteiger partial charge in [0.2, 0.25) is 0 Å². The average Bonchev–Trinajstić information content (AvgIpc) is 2.74. The van der Waals surface area contributed by atoms with Crippen LogP contribution < -0.4 is 10.0 Å². The maximum Gasteiger partial charge on any atom is 0.0725 e. The zero-order valence-electron chi connectivity index (χ0n) is 17.8. The molecular weight excluding hydrogens is 372 g/mol. The van der Waals surface area contributed by atoms with Crippen LogP contribution in [0, 0.1) is 5.92 Å². The lowest BCUT2D eigenvalue weighted by molar-refractivity contribution is -0.254. The first kappa shape index (κ1) is 20.1. The van der Waals surface area contributed by atoms with Gasteiger partial charge in [-0.3, -0.25) is 0 Å². The quantitative estimate of drug-likeness (QED) is 0.631. The van der Waals surface area contributed by atoms with E-state index in [2.05, 4.69) is 56.0 Å². The number of carboxylic acid groups (broad SMARTS) is 1. The number of pyridine rings is 1. The molecular formula is C26H27N2O2-. The van der Waals surface area contributed by atoms with Crippen LogP contribution in [0.4, 0.5) is 5.69 Å². The number of allylic oxidation sites excluding steroid dienone is 1. The number of hydrogen-bond acceptors (Lipinski definition) is 4. The normalized spacial score (nSPS) is 17.2. The molecule has 1 heterocycles. The van der Waals surface area contributed by atoms with Crippen LogP contribution in [0.25, 0.3) is 22.6 Å². The fourth-order valence-electron chi connectivity index (χ4n) is 4.54. The van der Waals surface area contributed by atoms with E-state index in [9.17, 15) is 9.90 Å². The van der Waals surface area contributed by atoms with Gasteiger partial charge in [0.05, 0.1) is 17.2 Å². The van der Waals surface area contributed by atoms with Gasteiger partial charge < -0.3 is 14.8 Å². The fourth-order valence-corrected chi connectivity index (χ4v) is 4.54. The van der Waals surface area contributed by atoms with Crippen molar-refractivity contribution in [2.45, 2.75) is 33.6 Å². The summed E-state index contributed by atoms with van der Waals surface area (Å²) in [6.45, 7) is 8.43. The van der Waals surface area contributed by atoms with Gasteiger partial charge in [0.25, 0.3) is 0 Å². The number of hydrogen-bond donors (Lipinski definition) is 0. The molecule has 0 saturated carbocycles. The third kappa shape index (κ3) is 3.70. The molecule has 0 fully saturated rings. The number of nitrogens with zero attached hydrogens (tertiary/aromatic N) is 2. The van der Waals surface area contributed by atoms with Crippen LogP contribution in [0.2, 0.25) is 0 Å². The van der Waals surface area contributed by atoms with Crippen molar-refractivity contribution in [3.05, 3.63) is 70.9 Å². The monoisotopic (exact) mass is 399 g/mol. The van der Waals surface area contributed by atoms with Crippen molar-refractivity contribution in [3.8, 4) is 0 Å². The van der Waals surface area contributed by atoms with E-state index >= 15 is 0 Å². The van der Waals surface area contributed by atoms with Gasteiger partial charge in [0.15, 0.2) is 0 Å². The molecule has 1 aliphatic rings. The Bertz CT molecular complexity index is 1110. The topological polar surface area (TPSA) is 56.3 Å². The first-order chi connectivity index (χ1) is 14.5. The van der Waals surface area contributed by atoms with E-state index in [-0.39, 0.29) is 0 Å². The van der Waals surface area contributed by atoms with Crippen LogP contribution in [0.3, 0.4) is 0 Å². The van der Waals surface area contributed by atoms with Crippen LogP contribution in [0.15, 0.2) is 48.5 Å². The lowest BCUT2D eigenvalue weighted by Gasteiger charge is -2.27. The highest BCUT2D eigenvalue weighted by Gasteiger charge is 2.25. The molecule has 0 saturated heterocycles. The minimum atomic E-state index is -1.12. The molecule has 1 aliphatic carbocycles. The molecule has 4 rings (SSSR count). The van der Waals surface area contributed by atoms with Gasteiger partial charge in [-0.1, -0.05) is 37.3 Å². The number of aromatic carboxylic acids is 1. The molecule has 0 amide bonds. The molecule has 0 radical (unpaired) electrons. The highest BCUT2D eigenvalue weighted by Crippen LogP contribution is 2.38. The van der Waals surface area contributed by atoms with Crippen molar-refractivity contribution < 1.29 is 9.90 Å². The van der Waals surface area contributed by atoms with Crippen LogP contribution in [-0.2, 0) is 6.42 Å². The molecule has 0 unspecified atom stereocenters. The van der Waals surface area contributed by atoms with Gasteiger partial charge >= 0.3 is 0 Å². The van der Waals surface area contributed by atoms with Gasteiger partial charge in [-0.25, -0.2) is 4.98 Å². The number of rotatable bonds is 5. The van der Waals surface area contributed by atoms with Crippen LogP contribution in [-0.4, -0.2) is 24.0 Å². The van der Waals surface area contributed by atoms with Gasteiger partial charge in [0, 0.05) is 29.7 Å². The van der Waals surface area contributed by atoms with E-state index in [0.717, 1.165) is 41.9 Å². The standard InChI is InChI=1S/C26H28N2O2/c1-4-28(5-2)20-12-10-18(11-13-20)16-19-14-17(3)15-22-24(26(29)30)21-8-6-7-9-23(21)27-25(19)22/h6-13,16-17H,4-5,14-15H2,1-3H3,(H,29,30)/p-1/b19-16+/t17-/m1/s1. The second-order valence-corrected chi connectivity index (χ2v) is 8.07. The first-order valence-corrected chi connectivity index (χ1v) is 10.7. The number of benzene rings is 2. The van der Waals surface area contributed by atoms with Crippen LogP contribution >= 0.6 is 0 Å². The van der Waals surface area contributed by atoms with Gasteiger partial charge in [-0.05, 0) is 73.6 Å². The number of anilines is 1. The van der Waals surface area contributed by atoms with E-state index in [1.807, 2.05) is 24.3 Å². The number of carbonyl (C=O) groups excluding carboxylic acids is 1. The predicted molar refractivity (Wildman–Crippen MR) is 121 cm³/mol. The van der Waals surface area contributed by atoms with Crippen LogP contribution in [0.1, 0.15) is 54.4 Å². The zero-order valence-corrected chi connectivity index (χ0v) is 17.8. The zero-order chi connectivity index (χ0) is 21.3. The summed E-state index contributed by atoms with van der Waals surface area (Å²) in [6.07, 6.45) is 3.73. The lowest BCUT2D eigenvalue weighted by Crippen LogP contribution is -2.27. The SMILES string of the molecule is CCN(CC)c1ccc(/C=C2\C[C@@H](C)Cc3c2nc2ccccc2c3C(=O)[O-])cc1. The number of fused-ring (bicyclic) bond motifs is 2. The smallest absolute Gasteiger partial charge is 0.0725 e. The van der Waals surface area contributed by atoms with Crippen LogP contribution in [0.5, 0.6) is 0 Å². The number of aromatic nitrogens is 1. The van der Waals surface area contributed by atoms with Crippen molar-refractivity contribution in [2.75, 3.05) is 18.0 Å². The predicted octanol–water partition coefficient (Wildman–Crippen LogP) is 4.57. The third-order valence-corrected chi connectivity index (χ3v) is 5.99. The van der Waals surface area contributed by atoms with Crippen molar-refractivity contribution in [2.24, 2.45) is 5.92 Å². The Morgan fingerprint density at radius 2 is 1.80 bits per heavy atom. The summed E-state index contributed by atoms with van der Waals surface area (Å²) in [5, 5.41) is 12.7. The van der Waals surface area contributed by atoms with Crippen molar-refractivity contribution in [1.82, 2.24) is 4.98 Å². The molecule has 0 bridgehead atoms. The highest BCUT2D eigenvalue weighted by atomic mass is 16.4. The number of carboxylic acids is 1. The molecule has 4 heteroatoms. The average molecular weight is 400 g/mol. The number of carbonyl (C=O) groups is 1. The molecule has 3 aromatic rings. The Labute approximate surface area is 177 Å². The Kier molecular flexibility index (Phi) is 5.58. The molecule has 0 aliphatic heterocycles. The van der Waals surface area contributed by atoms with Crippen molar-refractivity contribution >= 4 is 34.2 Å². The minimum absolute atomic E-state index is 0.296. The summed E-state index contributed by atoms with van der Waals surface area (Å²) in [5.41, 5.74) is 6.01. The van der Waals surface area contributed by atoms with Crippen molar-refractivity contribution in [1.29, 1.82) is 0 Å². The Morgan fingerprint density at radius 3 is 2.47 bits per heavy atom. The first-order valence-electron chi connectivity index (χ1n) is 10.7. The van der Waals surface area contributed by atoms with E-state index in [1.54, 1.807) is 0 Å². The maximum atomic E-state index is 12.1. The molecule has 30 heavy (non-hydrogen) atoms. The third-order valence-electron chi connectivity index (χ3n) is 5.99. The molecule has 0 spiro atoms. The van der Waals surface area contributed by atoms with Gasteiger partial charge in [0.1, 0.15) is 0 Å². The molecule has 4 nitrogen and oxygen atoms in total. The highest BCUT2D eigenvalue weighted by molar-refractivity contribution is 6.05. The van der Waals surface area contributed by atoms with E-state index < -0.39 is 5.97 Å². The Morgan fingerprint density at radius 1 is 1.10 bits per heavy atom. The summed E-state index contributed by atoms with van der Waals surface area (Å²) in [6, 6.07) is 16.0. The van der Waals surface area contributed by atoms with E-state index in [4.69, 9.17) is 4.98 Å². The largest absolute Gasteiger partial charge is 0.545 e. The van der Waals surface area contributed by atoms with Gasteiger partial charge in [-0.2, -0.15) is 0 Å². The second-order valence-electron chi connectivity index (χ2n) is 8.07. The summed E-state index contributed by atoms with van der Waals surface area (Å²) >= 11 is 0. The van der Waals surface area contributed by atoms with Crippen molar-refractivity contribution in [3.63, 3.8) is 0 Å². The number of para-hydroxylation sites is 1. The van der Waals surface area contributed by atoms with E-state index in [1.165, 1.54) is 5.69 Å². The summed E-state index contributed by atoms with van der Waals surface area (Å²) in [7, 11) is 0. The summed E-state index contributed by atoms with van der Waals surface area (Å²) in [5.74, 6) is -0.776.